The molecule has 2 aromatic rings. The fraction of sp³-hybridized carbons (Fsp3) is 0.600. The maximum atomic E-state index is 12.7. The Hall–Kier alpha value is -1.83. The lowest BCUT2D eigenvalue weighted by Crippen LogP contribution is -2.31. The van der Waals surface area contributed by atoms with Gasteiger partial charge in [0.15, 0.2) is 5.69 Å². The highest BCUT2D eigenvalue weighted by molar-refractivity contribution is 5.10. The second-order valence-electron chi connectivity index (χ2n) is 6.32. The Morgan fingerprint density at radius 1 is 1.35 bits per heavy atom. The molecule has 0 bridgehead atoms. The van der Waals surface area contributed by atoms with Gasteiger partial charge in [-0.25, -0.2) is 4.98 Å². The van der Waals surface area contributed by atoms with Gasteiger partial charge in [-0.05, 0) is 19.4 Å². The summed E-state index contributed by atoms with van der Waals surface area (Å²) in [5.74, 6) is 0.878. The molecule has 1 unspecified atom stereocenters. The zero-order valence-electron chi connectivity index (χ0n) is 13.2. The minimum atomic E-state index is -4.36. The molecular weight excluding hydrogens is 307 g/mol. The minimum Gasteiger partial charge on any atom is -0.334 e. The summed E-state index contributed by atoms with van der Waals surface area (Å²) in [5.41, 5.74) is 0.352. The van der Waals surface area contributed by atoms with Gasteiger partial charge in [-0.2, -0.15) is 18.3 Å². The number of hydrogen-bond donors (Lipinski definition) is 0. The lowest BCUT2D eigenvalue weighted by atomic mass is 9.99. The fourth-order valence-corrected chi connectivity index (χ4v) is 3.17. The molecule has 23 heavy (non-hydrogen) atoms. The van der Waals surface area contributed by atoms with Crippen molar-refractivity contribution in [3.8, 4) is 0 Å². The van der Waals surface area contributed by atoms with E-state index in [1.54, 1.807) is 9.25 Å². The van der Waals surface area contributed by atoms with Gasteiger partial charge in [-0.3, -0.25) is 4.68 Å². The number of halogens is 3. The van der Waals surface area contributed by atoms with Crippen molar-refractivity contribution >= 4 is 0 Å². The Bertz CT molecular complexity index is 673. The average molecular weight is 327 g/mol. The van der Waals surface area contributed by atoms with E-state index in [1.165, 1.54) is 0 Å². The van der Waals surface area contributed by atoms with Crippen LogP contribution in [0.15, 0.2) is 18.6 Å². The average Bonchev–Trinajstić information content (AvgIpc) is 3.04. The molecule has 0 saturated carbocycles. The largest absolute Gasteiger partial charge is 0.434 e. The van der Waals surface area contributed by atoms with Gasteiger partial charge in [0.2, 0.25) is 0 Å². The topological polar surface area (TPSA) is 38.9 Å². The van der Waals surface area contributed by atoms with Crippen LogP contribution in [0.3, 0.4) is 0 Å². The third-order valence-electron chi connectivity index (χ3n) is 4.16. The summed E-state index contributed by atoms with van der Waals surface area (Å²) < 4.78 is 41.6. The van der Waals surface area contributed by atoms with Crippen molar-refractivity contribution < 1.29 is 13.2 Å². The fourth-order valence-electron chi connectivity index (χ4n) is 3.17. The zero-order valence-corrected chi connectivity index (χ0v) is 13.2. The van der Waals surface area contributed by atoms with Gasteiger partial charge in [0.05, 0.1) is 6.20 Å². The summed E-state index contributed by atoms with van der Waals surface area (Å²) in [6.45, 7) is 2.22. The van der Waals surface area contributed by atoms with Crippen LogP contribution in [-0.2, 0) is 32.7 Å². The molecule has 126 valence electrons. The molecule has 1 aliphatic rings. The zero-order chi connectivity index (χ0) is 16.6. The number of hydrogen-bond acceptors (Lipinski definition) is 3. The van der Waals surface area contributed by atoms with Crippen molar-refractivity contribution in [2.45, 2.75) is 32.1 Å². The SMILES string of the molecule is CN(Cc1cnn(C)c1)CC1CCc2nc(C(F)(F)F)cn2C1. The van der Waals surface area contributed by atoms with E-state index in [0.29, 0.717) is 24.7 Å². The van der Waals surface area contributed by atoms with Crippen LogP contribution in [0.2, 0.25) is 0 Å². The van der Waals surface area contributed by atoms with Gasteiger partial charge in [-0.15, -0.1) is 0 Å². The summed E-state index contributed by atoms with van der Waals surface area (Å²) >= 11 is 0. The van der Waals surface area contributed by atoms with Crippen LogP contribution in [0.4, 0.5) is 13.2 Å². The van der Waals surface area contributed by atoms with E-state index in [1.807, 2.05) is 26.5 Å². The summed E-state index contributed by atoms with van der Waals surface area (Å²) in [5, 5.41) is 4.14. The molecule has 8 heteroatoms. The Morgan fingerprint density at radius 3 is 2.78 bits per heavy atom. The summed E-state index contributed by atoms with van der Waals surface area (Å²) in [7, 11) is 3.90. The third kappa shape index (κ3) is 3.74. The maximum Gasteiger partial charge on any atom is 0.434 e. The molecule has 0 amide bonds. The molecule has 0 N–H and O–H groups in total. The van der Waals surface area contributed by atoms with Gasteiger partial charge in [0.1, 0.15) is 5.82 Å². The van der Waals surface area contributed by atoms with E-state index in [4.69, 9.17) is 0 Å². The first-order valence-corrected chi connectivity index (χ1v) is 7.60. The molecule has 3 rings (SSSR count). The van der Waals surface area contributed by atoms with Crippen molar-refractivity contribution in [1.82, 2.24) is 24.2 Å². The molecule has 1 atom stereocenters. The van der Waals surface area contributed by atoms with E-state index >= 15 is 0 Å². The van der Waals surface area contributed by atoms with Crippen LogP contribution < -0.4 is 0 Å². The van der Waals surface area contributed by atoms with E-state index in [0.717, 1.165) is 31.3 Å². The van der Waals surface area contributed by atoms with Gasteiger partial charge in [-0.1, -0.05) is 0 Å². The first kappa shape index (κ1) is 16.0. The Labute approximate surface area is 132 Å². The monoisotopic (exact) mass is 327 g/mol. The van der Waals surface area contributed by atoms with Crippen molar-refractivity contribution in [1.29, 1.82) is 0 Å². The van der Waals surface area contributed by atoms with Crippen LogP contribution in [-0.4, -0.2) is 37.8 Å². The smallest absolute Gasteiger partial charge is 0.334 e. The number of alkyl halides is 3. The second kappa shape index (κ2) is 5.99. The predicted molar refractivity (Wildman–Crippen MR) is 78.6 cm³/mol. The molecule has 0 radical (unpaired) electrons. The minimum absolute atomic E-state index is 0.333. The molecule has 0 aliphatic carbocycles. The van der Waals surface area contributed by atoms with Crippen molar-refractivity contribution in [2.24, 2.45) is 13.0 Å². The number of aromatic nitrogens is 4. The molecule has 0 saturated heterocycles. The molecule has 1 aliphatic heterocycles. The molecule has 0 fully saturated rings. The van der Waals surface area contributed by atoms with Gasteiger partial charge in [0, 0.05) is 51.1 Å². The Morgan fingerprint density at radius 2 is 2.13 bits per heavy atom. The first-order valence-electron chi connectivity index (χ1n) is 7.60. The van der Waals surface area contributed by atoms with Crippen LogP contribution in [0.5, 0.6) is 0 Å². The van der Waals surface area contributed by atoms with E-state index in [2.05, 4.69) is 15.0 Å². The quantitative estimate of drug-likeness (QED) is 0.865. The number of aryl methyl sites for hydroxylation is 2. The lowest BCUT2D eigenvalue weighted by Gasteiger charge is -2.27. The number of nitrogens with zero attached hydrogens (tertiary/aromatic N) is 5. The van der Waals surface area contributed by atoms with Crippen molar-refractivity contribution in [3.05, 3.63) is 35.7 Å². The molecule has 3 heterocycles. The highest BCUT2D eigenvalue weighted by Gasteiger charge is 2.35. The van der Waals surface area contributed by atoms with Crippen molar-refractivity contribution in [3.63, 3.8) is 0 Å². The molecule has 0 aromatic carbocycles. The lowest BCUT2D eigenvalue weighted by molar-refractivity contribution is -0.141. The van der Waals surface area contributed by atoms with E-state index < -0.39 is 11.9 Å². The number of rotatable bonds is 4. The molecule has 0 spiro atoms. The highest BCUT2D eigenvalue weighted by Crippen LogP contribution is 2.30. The van der Waals surface area contributed by atoms with Crippen LogP contribution >= 0.6 is 0 Å². The first-order chi connectivity index (χ1) is 10.8. The molecule has 2 aromatic heterocycles. The van der Waals surface area contributed by atoms with E-state index in [-0.39, 0.29) is 0 Å². The standard InChI is InChI=1S/C15H20F3N5/c1-21(7-12-5-19-22(2)8-12)6-11-3-4-14-20-13(15(16,17)18)10-23(14)9-11/h5,8,10-11H,3-4,6-7,9H2,1-2H3. The van der Waals surface area contributed by atoms with Crippen molar-refractivity contribution in [2.75, 3.05) is 13.6 Å². The number of fused-ring (bicyclic) bond motifs is 1. The van der Waals surface area contributed by atoms with Crippen LogP contribution in [0.1, 0.15) is 23.5 Å². The number of imidazole rings is 1. The Balaban J connectivity index is 1.59. The molecule has 5 nitrogen and oxygen atoms in total. The highest BCUT2D eigenvalue weighted by atomic mass is 19.4. The summed E-state index contributed by atoms with van der Waals surface area (Å²) in [6.07, 6.45) is 2.05. The second-order valence-corrected chi connectivity index (χ2v) is 6.32. The molecular formula is C15H20F3N5. The third-order valence-corrected chi connectivity index (χ3v) is 4.16. The normalized spacial score (nSPS) is 18.4. The van der Waals surface area contributed by atoms with E-state index in [9.17, 15) is 13.2 Å². The summed E-state index contributed by atoms with van der Waals surface area (Å²) in [4.78, 5) is 5.91. The maximum absolute atomic E-state index is 12.7. The van der Waals surface area contributed by atoms with Gasteiger partial charge < -0.3 is 9.47 Å². The van der Waals surface area contributed by atoms with Gasteiger partial charge in [0.25, 0.3) is 0 Å². The van der Waals surface area contributed by atoms with Gasteiger partial charge >= 0.3 is 6.18 Å². The Kier molecular flexibility index (Phi) is 4.18. The predicted octanol–water partition coefficient (Wildman–Crippen LogP) is 2.33. The van der Waals surface area contributed by atoms with Crippen LogP contribution in [0, 0.1) is 5.92 Å². The summed E-state index contributed by atoms with van der Waals surface area (Å²) in [6, 6.07) is 0. The van der Waals surface area contributed by atoms with Crippen LogP contribution in [0.25, 0.3) is 0 Å².